The number of nitrogens with zero attached hydrogens (tertiary/aromatic N) is 2. The Bertz CT molecular complexity index is 410. The molecule has 4 nitrogen and oxygen atoms in total. The van der Waals surface area contributed by atoms with Crippen molar-refractivity contribution in [2.24, 2.45) is 5.92 Å². The van der Waals surface area contributed by atoms with E-state index in [9.17, 15) is 0 Å². The van der Waals surface area contributed by atoms with Crippen LogP contribution >= 0.6 is 0 Å². The van der Waals surface area contributed by atoms with Crippen LogP contribution in [0, 0.1) is 5.92 Å². The molecule has 0 radical (unpaired) electrons. The normalized spacial score (nSPS) is 20.4. The first kappa shape index (κ1) is 15.3. The Morgan fingerprint density at radius 2 is 2.40 bits per heavy atom. The molecule has 2 unspecified atom stereocenters. The lowest BCUT2D eigenvalue weighted by Gasteiger charge is -2.20. The first-order chi connectivity index (χ1) is 9.74. The summed E-state index contributed by atoms with van der Waals surface area (Å²) in [6, 6.07) is 4.67. The molecule has 0 bridgehead atoms. The van der Waals surface area contributed by atoms with E-state index in [1.165, 1.54) is 5.56 Å². The Kier molecular flexibility index (Phi) is 5.80. The number of hydrogen-bond donors (Lipinski definition) is 2. The summed E-state index contributed by atoms with van der Waals surface area (Å²) in [5, 5.41) is 12.6. The largest absolute Gasteiger partial charge is 0.396 e. The molecular weight excluding hydrogens is 250 g/mol. The topological polar surface area (TPSA) is 48.4 Å². The molecule has 1 aliphatic rings. The molecule has 112 valence electrons. The van der Waals surface area contributed by atoms with Crippen LogP contribution in [0.15, 0.2) is 18.3 Å². The number of aliphatic hydroxyl groups excluding tert-OH is 1. The van der Waals surface area contributed by atoms with Gasteiger partial charge in [-0.3, -0.25) is 0 Å². The predicted octanol–water partition coefficient (Wildman–Crippen LogP) is 2.35. The maximum absolute atomic E-state index is 9.04. The summed E-state index contributed by atoms with van der Waals surface area (Å²) in [5.74, 6) is 1.69. The third-order valence-corrected chi connectivity index (χ3v) is 4.12. The highest BCUT2D eigenvalue weighted by molar-refractivity contribution is 5.42. The van der Waals surface area contributed by atoms with Crippen LogP contribution in [0.5, 0.6) is 0 Å². The molecule has 1 aliphatic heterocycles. The van der Waals surface area contributed by atoms with Gasteiger partial charge in [0.05, 0.1) is 0 Å². The highest BCUT2D eigenvalue weighted by atomic mass is 16.3. The van der Waals surface area contributed by atoms with Gasteiger partial charge in [0.25, 0.3) is 0 Å². The van der Waals surface area contributed by atoms with Gasteiger partial charge in [0.15, 0.2) is 0 Å². The van der Waals surface area contributed by atoms with E-state index in [1.54, 1.807) is 0 Å². The Hall–Kier alpha value is -1.13. The van der Waals surface area contributed by atoms with Crippen LogP contribution in [-0.2, 0) is 0 Å². The summed E-state index contributed by atoms with van der Waals surface area (Å²) in [4.78, 5) is 6.86. The number of aliphatic hydroxyl groups is 1. The van der Waals surface area contributed by atoms with Gasteiger partial charge in [-0.2, -0.15) is 0 Å². The molecule has 1 saturated heterocycles. The van der Waals surface area contributed by atoms with Crippen LogP contribution < -0.4 is 10.2 Å². The molecule has 0 amide bonds. The summed E-state index contributed by atoms with van der Waals surface area (Å²) in [6.07, 6.45) is 5.13. The van der Waals surface area contributed by atoms with Crippen molar-refractivity contribution >= 4 is 5.82 Å². The van der Waals surface area contributed by atoms with Gasteiger partial charge in [0, 0.05) is 31.9 Å². The van der Waals surface area contributed by atoms with Gasteiger partial charge in [0.2, 0.25) is 0 Å². The molecule has 1 aromatic heterocycles. The van der Waals surface area contributed by atoms with E-state index in [0.29, 0.717) is 18.6 Å². The van der Waals surface area contributed by atoms with Crippen molar-refractivity contribution in [2.45, 2.75) is 39.2 Å². The van der Waals surface area contributed by atoms with Crippen LogP contribution in [0.25, 0.3) is 0 Å². The molecule has 2 atom stereocenters. The Morgan fingerprint density at radius 3 is 3.15 bits per heavy atom. The van der Waals surface area contributed by atoms with E-state index < -0.39 is 0 Å². The van der Waals surface area contributed by atoms with E-state index in [0.717, 1.165) is 44.7 Å². The standard InChI is InChI=1S/C16H27N3O/c1-3-7-17-13(2)15-4-8-18-16(11-15)19-9-5-14(12-19)6-10-20/h4,8,11,13-14,17,20H,3,5-7,9-10,12H2,1-2H3. The number of aromatic nitrogens is 1. The SMILES string of the molecule is CCCNC(C)c1ccnc(N2CCC(CCO)C2)c1. The third-order valence-electron chi connectivity index (χ3n) is 4.12. The molecule has 0 aromatic carbocycles. The number of rotatable bonds is 7. The molecule has 1 fully saturated rings. The van der Waals surface area contributed by atoms with E-state index in [2.05, 4.69) is 41.2 Å². The van der Waals surface area contributed by atoms with Gasteiger partial charge in [-0.1, -0.05) is 6.92 Å². The third kappa shape index (κ3) is 3.93. The fourth-order valence-corrected chi connectivity index (χ4v) is 2.81. The van der Waals surface area contributed by atoms with Crippen molar-refractivity contribution in [1.82, 2.24) is 10.3 Å². The van der Waals surface area contributed by atoms with Crippen molar-refractivity contribution in [3.63, 3.8) is 0 Å². The maximum Gasteiger partial charge on any atom is 0.128 e. The summed E-state index contributed by atoms with van der Waals surface area (Å²) >= 11 is 0. The van der Waals surface area contributed by atoms with Gasteiger partial charge >= 0.3 is 0 Å². The van der Waals surface area contributed by atoms with Crippen LogP contribution in [0.3, 0.4) is 0 Å². The van der Waals surface area contributed by atoms with Crippen LogP contribution in [-0.4, -0.2) is 36.3 Å². The average molecular weight is 277 g/mol. The first-order valence-corrected chi connectivity index (χ1v) is 7.79. The van der Waals surface area contributed by atoms with Crippen LogP contribution in [0.1, 0.15) is 44.7 Å². The minimum atomic E-state index is 0.296. The Morgan fingerprint density at radius 1 is 1.55 bits per heavy atom. The smallest absolute Gasteiger partial charge is 0.128 e. The van der Waals surface area contributed by atoms with E-state index in [4.69, 9.17) is 5.11 Å². The zero-order chi connectivity index (χ0) is 14.4. The lowest BCUT2D eigenvalue weighted by atomic mass is 10.1. The average Bonchev–Trinajstić information content (AvgIpc) is 2.94. The van der Waals surface area contributed by atoms with Gasteiger partial charge < -0.3 is 15.3 Å². The maximum atomic E-state index is 9.04. The Balaban J connectivity index is 1.99. The van der Waals surface area contributed by atoms with Gasteiger partial charge in [-0.15, -0.1) is 0 Å². The highest BCUT2D eigenvalue weighted by Gasteiger charge is 2.23. The van der Waals surface area contributed by atoms with Gasteiger partial charge in [0.1, 0.15) is 5.82 Å². The predicted molar refractivity (Wildman–Crippen MR) is 83.0 cm³/mol. The lowest BCUT2D eigenvalue weighted by Crippen LogP contribution is -2.23. The zero-order valence-corrected chi connectivity index (χ0v) is 12.7. The van der Waals surface area contributed by atoms with Crippen LogP contribution in [0.2, 0.25) is 0 Å². The molecule has 2 rings (SSSR count). The summed E-state index contributed by atoms with van der Waals surface area (Å²) in [5.41, 5.74) is 1.30. The minimum Gasteiger partial charge on any atom is -0.396 e. The number of anilines is 1. The second-order valence-corrected chi connectivity index (χ2v) is 5.74. The molecule has 20 heavy (non-hydrogen) atoms. The Labute approximate surface area is 122 Å². The molecule has 4 heteroatoms. The van der Waals surface area contributed by atoms with Crippen molar-refractivity contribution in [2.75, 3.05) is 31.1 Å². The quantitative estimate of drug-likeness (QED) is 0.803. The fraction of sp³-hybridized carbons (Fsp3) is 0.688. The van der Waals surface area contributed by atoms with Crippen molar-refractivity contribution in [3.8, 4) is 0 Å². The molecule has 2 heterocycles. The second-order valence-electron chi connectivity index (χ2n) is 5.74. The molecule has 0 spiro atoms. The number of hydrogen-bond acceptors (Lipinski definition) is 4. The van der Waals surface area contributed by atoms with Gasteiger partial charge in [-0.25, -0.2) is 4.98 Å². The van der Waals surface area contributed by atoms with Gasteiger partial charge in [-0.05, 0) is 56.3 Å². The summed E-state index contributed by atoms with van der Waals surface area (Å²) in [6.45, 7) is 7.80. The van der Waals surface area contributed by atoms with Crippen molar-refractivity contribution < 1.29 is 5.11 Å². The van der Waals surface area contributed by atoms with Crippen molar-refractivity contribution in [3.05, 3.63) is 23.9 Å². The first-order valence-electron chi connectivity index (χ1n) is 7.79. The second kappa shape index (κ2) is 7.60. The highest BCUT2D eigenvalue weighted by Crippen LogP contribution is 2.25. The minimum absolute atomic E-state index is 0.296. The van der Waals surface area contributed by atoms with E-state index in [-0.39, 0.29) is 0 Å². The molecule has 0 aliphatic carbocycles. The molecule has 1 aromatic rings. The fourth-order valence-electron chi connectivity index (χ4n) is 2.81. The zero-order valence-electron chi connectivity index (χ0n) is 12.7. The molecule has 2 N–H and O–H groups in total. The molecule has 0 saturated carbocycles. The van der Waals surface area contributed by atoms with E-state index >= 15 is 0 Å². The molecular formula is C16H27N3O. The van der Waals surface area contributed by atoms with Crippen LogP contribution in [0.4, 0.5) is 5.82 Å². The lowest BCUT2D eigenvalue weighted by molar-refractivity contribution is 0.263. The monoisotopic (exact) mass is 277 g/mol. The summed E-state index contributed by atoms with van der Waals surface area (Å²) < 4.78 is 0. The summed E-state index contributed by atoms with van der Waals surface area (Å²) in [7, 11) is 0. The van der Waals surface area contributed by atoms with E-state index in [1.807, 2.05) is 6.20 Å². The number of nitrogens with one attached hydrogen (secondary N) is 1. The number of pyridine rings is 1. The van der Waals surface area contributed by atoms with Crippen molar-refractivity contribution in [1.29, 1.82) is 0 Å².